The van der Waals surface area contributed by atoms with Gasteiger partial charge in [-0.1, -0.05) is 42.8 Å². The molecule has 0 bridgehead atoms. The van der Waals surface area contributed by atoms with Crippen molar-refractivity contribution >= 4 is 17.5 Å². The Hall–Kier alpha value is -2.59. The number of carbonyl (C=O) groups is 1. The molecule has 0 saturated heterocycles. The van der Waals surface area contributed by atoms with E-state index in [1.165, 1.54) is 12.1 Å². The van der Waals surface area contributed by atoms with Crippen LogP contribution in [-0.2, 0) is 13.1 Å². The van der Waals surface area contributed by atoms with E-state index in [2.05, 4.69) is 4.57 Å². The maximum absolute atomic E-state index is 13.6. The SMILES string of the molecule is CC[C@H](C)N(Cc1cccn1Cc1ccccc1Cl)C(=O)c1cccc(F)c1. The van der Waals surface area contributed by atoms with E-state index in [1.807, 2.05) is 56.4 Å². The van der Waals surface area contributed by atoms with E-state index in [1.54, 1.807) is 17.0 Å². The predicted molar refractivity (Wildman–Crippen MR) is 111 cm³/mol. The van der Waals surface area contributed by atoms with E-state index in [9.17, 15) is 9.18 Å². The summed E-state index contributed by atoms with van der Waals surface area (Å²) in [6.07, 6.45) is 2.80. The van der Waals surface area contributed by atoms with E-state index in [0.29, 0.717) is 18.7 Å². The van der Waals surface area contributed by atoms with E-state index in [0.717, 1.165) is 22.7 Å². The van der Waals surface area contributed by atoms with Crippen molar-refractivity contribution in [2.75, 3.05) is 0 Å². The van der Waals surface area contributed by atoms with Gasteiger partial charge in [0, 0.05) is 35.1 Å². The Morgan fingerprint density at radius 2 is 1.93 bits per heavy atom. The van der Waals surface area contributed by atoms with Crippen molar-refractivity contribution in [1.29, 1.82) is 0 Å². The molecule has 1 aromatic heterocycles. The van der Waals surface area contributed by atoms with Gasteiger partial charge in [-0.3, -0.25) is 4.79 Å². The number of halogens is 2. The molecule has 0 aliphatic heterocycles. The lowest BCUT2D eigenvalue weighted by Gasteiger charge is -2.29. The van der Waals surface area contributed by atoms with Crippen LogP contribution in [0.1, 0.15) is 41.9 Å². The van der Waals surface area contributed by atoms with Crippen molar-refractivity contribution in [2.45, 2.75) is 39.4 Å². The van der Waals surface area contributed by atoms with Gasteiger partial charge in [0.25, 0.3) is 5.91 Å². The second-order valence-electron chi connectivity index (χ2n) is 6.92. The number of hydrogen-bond donors (Lipinski definition) is 0. The Bertz CT molecular complexity index is 953. The first-order valence-corrected chi connectivity index (χ1v) is 9.81. The number of amides is 1. The maximum atomic E-state index is 13.6. The molecule has 5 heteroatoms. The Morgan fingerprint density at radius 1 is 1.14 bits per heavy atom. The average Bonchev–Trinajstić information content (AvgIpc) is 3.13. The molecule has 3 aromatic rings. The fourth-order valence-electron chi connectivity index (χ4n) is 3.17. The lowest BCUT2D eigenvalue weighted by molar-refractivity contribution is 0.0666. The number of benzene rings is 2. The van der Waals surface area contributed by atoms with Gasteiger partial charge in [0.2, 0.25) is 0 Å². The third kappa shape index (κ3) is 4.63. The lowest BCUT2D eigenvalue weighted by atomic mass is 10.1. The molecule has 0 fully saturated rings. The van der Waals surface area contributed by atoms with Gasteiger partial charge in [0.15, 0.2) is 0 Å². The smallest absolute Gasteiger partial charge is 0.254 e. The van der Waals surface area contributed by atoms with Crippen LogP contribution in [0.25, 0.3) is 0 Å². The van der Waals surface area contributed by atoms with Crippen molar-refractivity contribution in [3.63, 3.8) is 0 Å². The van der Waals surface area contributed by atoms with Crippen LogP contribution in [0.2, 0.25) is 5.02 Å². The fourth-order valence-corrected chi connectivity index (χ4v) is 3.36. The molecule has 0 saturated carbocycles. The third-order valence-corrected chi connectivity index (χ3v) is 5.38. The maximum Gasteiger partial charge on any atom is 0.254 e. The molecule has 0 radical (unpaired) electrons. The largest absolute Gasteiger partial charge is 0.345 e. The standard InChI is InChI=1S/C23H24ClFN2O/c1-3-17(2)27(23(28)18-9-6-10-20(25)14-18)16-21-11-7-13-26(21)15-19-8-4-5-12-22(19)24/h4-14,17H,3,15-16H2,1-2H3/t17-/m0/s1. The summed E-state index contributed by atoms with van der Waals surface area (Å²) >= 11 is 6.30. The summed E-state index contributed by atoms with van der Waals surface area (Å²) in [5, 5.41) is 0.719. The average molecular weight is 399 g/mol. The summed E-state index contributed by atoms with van der Waals surface area (Å²) in [7, 11) is 0. The highest BCUT2D eigenvalue weighted by atomic mass is 35.5. The highest BCUT2D eigenvalue weighted by Gasteiger charge is 2.22. The van der Waals surface area contributed by atoms with Crippen molar-refractivity contribution in [3.8, 4) is 0 Å². The van der Waals surface area contributed by atoms with Crippen molar-refractivity contribution in [2.24, 2.45) is 0 Å². The normalized spacial score (nSPS) is 12.0. The zero-order valence-corrected chi connectivity index (χ0v) is 16.9. The molecular formula is C23H24ClFN2O. The van der Waals surface area contributed by atoms with Crippen LogP contribution in [0, 0.1) is 5.82 Å². The van der Waals surface area contributed by atoms with Gasteiger partial charge >= 0.3 is 0 Å². The molecule has 0 aliphatic carbocycles. The van der Waals surface area contributed by atoms with E-state index in [4.69, 9.17) is 11.6 Å². The van der Waals surface area contributed by atoms with Crippen molar-refractivity contribution < 1.29 is 9.18 Å². The highest BCUT2D eigenvalue weighted by Crippen LogP contribution is 2.20. The molecule has 1 atom stereocenters. The van der Waals surface area contributed by atoms with E-state index >= 15 is 0 Å². The molecular weight excluding hydrogens is 375 g/mol. The van der Waals surface area contributed by atoms with Crippen molar-refractivity contribution in [1.82, 2.24) is 9.47 Å². The van der Waals surface area contributed by atoms with E-state index in [-0.39, 0.29) is 11.9 Å². The number of aromatic nitrogens is 1. The molecule has 3 nitrogen and oxygen atoms in total. The van der Waals surface area contributed by atoms with Gasteiger partial charge in [-0.2, -0.15) is 0 Å². The zero-order chi connectivity index (χ0) is 20.1. The molecule has 28 heavy (non-hydrogen) atoms. The third-order valence-electron chi connectivity index (χ3n) is 5.01. The van der Waals surface area contributed by atoms with Crippen LogP contribution in [0.4, 0.5) is 4.39 Å². The monoisotopic (exact) mass is 398 g/mol. The number of rotatable bonds is 7. The Kier molecular flexibility index (Phi) is 6.53. The number of hydrogen-bond acceptors (Lipinski definition) is 1. The van der Waals surface area contributed by atoms with Gasteiger partial charge in [-0.15, -0.1) is 0 Å². The first-order valence-electron chi connectivity index (χ1n) is 9.43. The molecule has 2 aromatic carbocycles. The second-order valence-corrected chi connectivity index (χ2v) is 7.33. The molecule has 1 amide bonds. The Morgan fingerprint density at radius 3 is 2.64 bits per heavy atom. The van der Waals surface area contributed by atoms with Gasteiger partial charge < -0.3 is 9.47 Å². The van der Waals surface area contributed by atoms with Crippen LogP contribution in [0.3, 0.4) is 0 Å². The van der Waals surface area contributed by atoms with E-state index < -0.39 is 5.82 Å². The van der Waals surface area contributed by atoms with Gasteiger partial charge in [0.1, 0.15) is 5.82 Å². The van der Waals surface area contributed by atoms with Crippen LogP contribution in [0.5, 0.6) is 0 Å². The van der Waals surface area contributed by atoms with Gasteiger partial charge in [-0.25, -0.2) is 4.39 Å². The van der Waals surface area contributed by atoms with Crippen LogP contribution in [0.15, 0.2) is 66.9 Å². The van der Waals surface area contributed by atoms with Gasteiger partial charge in [-0.05, 0) is 55.3 Å². The molecule has 0 spiro atoms. The topological polar surface area (TPSA) is 25.2 Å². The van der Waals surface area contributed by atoms with Gasteiger partial charge in [0.05, 0.1) is 6.54 Å². The predicted octanol–water partition coefficient (Wildman–Crippen LogP) is 5.77. The first kappa shape index (κ1) is 20.2. The van der Waals surface area contributed by atoms with Crippen LogP contribution in [-0.4, -0.2) is 21.4 Å². The summed E-state index contributed by atoms with van der Waals surface area (Å²) in [6.45, 7) is 5.13. The summed E-state index contributed by atoms with van der Waals surface area (Å²) in [4.78, 5) is 14.9. The number of carbonyl (C=O) groups excluding carboxylic acids is 1. The molecule has 146 valence electrons. The van der Waals surface area contributed by atoms with Crippen LogP contribution >= 0.6 is 11.6 Å². The highest BCUT2D eigenvalue weighted by molar-refractivity contribution is 6.31. The first-order chi connectivity index (χ1) is 13.5. The minimum Gasteiger partial charge on any atom is -0.345 e. The molecule has 0 unspecified atom stereocenters. The summed E-state index contributed by atoms with van der Waals surface area (Å²) in [6, 6.07) is 17.6. The summed E-state index contributed by atoms with van der Waals surface area (Å²) in [5.41, 5.74) is 2.39. The molecule has 1 heterocycles. The Labute approximate surface area is 170 Å². The summed E-state index contributed by atoms with van der Waals surface area (Å²) in [5.74, 6) is -0.573. The second kappa shape index (κ2) is 9.07. The quantitative estimate of drug-likeness (QED) is 0.496. The van der Waals surface area contributed by atoms with Crippen LogP contribution < -0.4 is 0 Å². The zero-order valence-electron chi connectivity index (χ0n) is 16.1. The summed E-state index contributed by atoms with van der Waals surface area (Å²) < 4.78 is 15.7. The molecule has 0 aliphatic rings. The lowest BCUT2D eigenvalue weighted by Crippen LogP contribution is -2.38. The minimum absolute atomic E-state index is 0.0273. The molecule has 0 N–H and O–H groups in total. The fraction of sp³-hybridized carbons (Fsp3) is 0.261. The minimum atomic E-state index is -0.406. The van der Waals surface area contributed by atoms with Crippen molar-refractivity contribution in [3.05, 3.63) is 94.5 Å². The number of nitrogens with zero attached hydrogens (tertiary/aromatic N) is 2. The Balaban J connectivity index is 1.85. The molecule has 3 rings (SSSR count).